The average Bonchev–Trinajstić information content (AvgIpc) is 3.03. The van der Waals surface area contributed by atoms with Crippen molar-refractivity contribution in [3.63, 3.8) is 0 Å². The molecule has 2 aliphatic rings. The quantitative estimate of drug-likeness (QED) is 0.852. The number of hydrogen-bond donors (Lipinski definition) is 0. The number of nitrogens with zero attached hydrogens (tertiary/aromatic N) is 4. The van der Waals surface area contributed by atoms with Crippen LogP contribution in [0, 0.1) is 13.8 Å². The second kappa shape index (κ2) is 6.95. The maximum Gasteiger partial charge on any atom is 0.242 e. The fourth-order valence-electron chi connectivity index (χ4n) is 4.10. The first-order valence-corrected chi connectivity index (χ1v) is 9.06. The molecule has 1 unspecified atom stereocenters. The van der Waals surface area contributed by atoms with Gasteiger partial charge in [-0.05, 0) is 39.5 Å². The van der Waals surface area contributed by atoms with Crippen LogP contribution in [0.25, 0.3) is 0 Å². The number of amides is 2. The van der Waals surface area contributed by atoms with E-state index in [-0.39, 0.29) is 24.4 Å². The lowest BCUT2D eigenvalue weighted by molar-refractivity contribution is -0.140. The third kappa shape index (κ3) is 3.19. The molecule has 1 aromatic heterocycles. The lowest BCUT2D eigenvalue weighted by Gasteiger charge is -2.28. The summed E-state index contributed by atoms with van der Waals surface area (Å²) in [6.45, 7) is 5.80. The van der Waals surface area contributed by atoms with Gasteiger partial charge in [-0.1, -0.05) is 6.42 Å². The van der Waals surface area contributed by atoms with E-state index in [0.29, 0.717) is 13.0 Å². The third-order valence-electron chi connectivity index (χ3n) is 5.47. The number of hydrogen-bond acceptors (Lipinski definition) is 3. The molecule has 0 N–H and O–H groups in total. The number of aryl methyl sites for hydroxylation is 2. The van der Waals surface area contributed by atoms with Gasteiger partial charge in [-0.2, -0.15) is 5.10 Å². The lowest BCUT2D eigenvalue weighted by atomic mass is 10.0. The van der Waals surface area contributed by atoms with Gasteiger partial charge in [-0.15, -0.1) is 0 Å². The van der Waals surface area contributed by atoms with Gasteiger partial charge in [0.05, 0.1) is 18.3 Å². The van der Waals surface area contributed by atoms with Crippen LogP contribution in [0.2, 0.25) is 0 Å². The van der Waals surface area contributed by atoms with Gasteiger partial charge in [-0.25, -0.2) is 0 Å². The zero-order chi connectivity index (χ0) is 17.3. The van der Waals surface area contributed by atoms with E-state index in [0.717, 1.165) is 50.0 Å². The van der Waals surface area contributed by atoms with Crippen molar-refractivity contribution in [2.45, 2.75) is 58.4 Å². The summed E-state index contributed by atoms with van der Waals surface area (Å²) in [5.74, 6) is 0.209. The van der Waals surface area contributed by atoms with Crippen molar-refractivity contribution < 1.29 is 9.59 Å². The zero-order valence-corrected chi connectivity index (χ0v) is 15.0. The summed E-state index contributed by atoms with van der Waals surface area (Å²) in [5, 5.41) is 4.50. The first-order chi connectivity index (χ1) is 11.5. The van der Waals surface area contributed by atoms with Gasteiger partial charge in [0, 0.05) is 37.8 Å². The largest absolute Gasteiger partial charge is 0.334 e. The Morgan fingerprint density at radius 3 is 2.67 bits per heavy atom. The molecular weight excluding hydrogens is 304 g/mol. The van der Waals surface area contributed by atoms with Gasteiger partial charge in [-0.3, -0.25) is 14.3 Å². The predicted octanol–water partition coefficient (Wildman–Crippen LogP) is 2.10. The normalized spacial score (nSPS) is 22.1. The molecule has 1 aromatic rings. The number of carbonyl (C=O) groups is 2. The molecule has 1 atom stereocenters. The van der Waals surface area contributed by atoms with E-state index < -0.39 is 0 Å². The smallest absolute Gasteiger partial charge is 0.242 e. The fourth-order valence-corrected chi connectivity index (χ4v) is 4.10. The molecule has 3 rings (SSSR count). The van der Waals surface area contributed by atoms with E-state index in [1.54, 1.807) is 4.90 Å². The Kier molecular flexibility index (Phi) is 4.92. The molecule has 132 valence electrons. The van der Waals surface area contributed by atoms with Gasteiger partial charge in [0.1, 0.15) is 0 Å². The Bertz CT molecular complexity index is 637. The summed E-state index contributed by atoms with van der Waals surface area (Å²) in [5.41, 5.74) is 3.32. The second-order valence-corrected chi connectivity index (χ2v) is 7.08. The summed E-state index contributed by atoms with van der Waals surface area (Å²) >= 11 is 0. The highest BCUT2D eigenvalue weighted by atomic mass is 16.2. The summed E-state index contributed by atoms with van der Waals surface area (Å²) in [6, 6.07) is 0.105. The Morgan fingerprint density at radius 1 is 1.17 bits per heavy atom. The number of aromatic nitrogens is 2. The standard InChI is InChI=1S/C18H28N4O2/c1-13-18(14(2)20(3)19-13)15-8-7-11-22(15)17(24)12-21-10-6-4-5-9-16(21)23/h15H,4-12H2,1-3H3. The van der Waals surface area contributed by atoms with Crippen molar-refractivity contribution in [1.82, 2.24) is 19.6 Å². The van der Waals surface area contributed by atoms with Crippen LogP contribution < -0.4 is 0 Å². The van der Waals surface area contributed by atoms with Crippen LogP contribution in [0.1, 0.15) is 61.5 Å². The van der Waals surface area contributed by atoms with Gasteiger partial charge in [0.15, 0.2) is 0 Å². The Hall–Kier alpha value is -1.85. The Labute approximate surface area is 143 Å². The number of likely N-dealkylation sites (tertiary alicyclic amines) is 2. The van der Waals surface area contributed by atoms with Gasteiger partial charge in [0.2, 0.25) is 11.8 Å². The average molecular weight is 332 g/mol. The third-order valence-corrected chi connectivity index (χ3v) is 5.47. The maximum atomic E-state index is 12.9. The van der Waals surface area contributed by atoms with E-state index >= 15 is 0 Å². The van der Waals surface area contributed by atoms with Gasteiger partial charge in [0.25, 0.3) is 0 Å². The van der Waals surface area contributed by atoms with Crippen LogP contribution in [0.15, 0.2) is 0 Å². The molecule has 6 nitrogen and oxygen atoms in total. The van der Waals surface area contributed by atoms with Crippen LogP contribution in [0.3, 0.4) is 0 Å². The van der Waals surface area contributed by atoms with Crippen LogP contribution in [0.5, 0.6) is 0 Å². The first kappa shape index (κ1) is 17.0. The van der Waals surface area contributed by atoms with Crippen molar-refractivity contribution in [3.8, 4) is 0 Å². The van der Waals surface area contributed by atoms with Crippen LogP contribution >= 0.6 is 0 Å². The highest BCUT2D eigenvalue weighted by Gasteiger charge is 2.34. The molecule has 0 aromatic carbocycles. The van der Waals surface area contributed by atoms with E-state index in [9.17, 15) is 9.59 Å². The summed E-state index contributed by atoms with van der Waals surface area (Å²) < 4.78 is 1.89. The van der Waals surface area contributed by atoms with E-state index in [1.807, 2.05) is 23.6 Å². The van der Waals surface area contributed by atoms with Gasteiger partial charge < -0.3 is 9.80 Å². The van der Waals surface area contributed by atoms with Crippen LogP contribution in [0.4, 0.5) is 0 Å². The van der Waals surface area contributed by atoms with Crippen molar-refractivity contribution in [3.05, 3.63) is 17.0 Å². The molecule has 2 saturated heterocycles. The highest BCUT2D eigenvalue weighted by molar-refractivity contribution is 5.85. The van der Waals surface area contributed by atoms with Crippen molar-refractivity contribution in [2.24, 2.45) is 7.05 Å². The molecule has 0 saturated carbocycles. The summed E-state index contributed by atoms with van der Waals surface area (Å²) in [4.78, 5) is 28.8. The molecule has 2 fully saturated rings. The van der Waals surface area contributed by atoms with Crippen molar-refractivity contribution in [2.75, 3.05) is 19.6 Å². The maximum absolute atomic E-state index is 12.9. The van der Waals surface area contributed by atoms with Crippen molar-refractivity contribution in [1.29, 1.82) is 0 Å². The summed E-state index contributed by atoms with van der Waals surface area (Å²) in [7, 11) is 1.95. The van der Waals surface area contributed by atoms with Crippen LogP contribution in [-0.4, -0.2) is 51.0 Å². The number of carbonyl (C=O) groups excluding carboxylic acids is 2. The lowest BCUT2D eigenvalue weighted by Crippen LogP contribution is -2.42. The monoisotopic (exact) mass is 332 g/mol. The van der Waals surface area contributed by atoms with Crippen molar-refractivity contribution >= 4 is 11.8 Å². The van der Waals surface area contributed by atoms with E-state index in [2.05, 4.69) is 12.0 Å². The zero-order valence-electron chi connectivity index (χ0n) is 15.0. The molecule has 0 spiro atoms. The Balaban J connectivity index is 1.75. The summed E-state index contributed by atoms with van der Waals surface area (Å²) in [6.07, 6.45) is 5.60. The minimum atomic E-state index is 0.0791. The van der Waals surface area contributed by atoms with Crippen LogP contribution in [-0.2, 0) is 16.6 Å². The van der Waals surface area contributed by atoms with E-state index in [4.69, 9.17) is 0 Å². The number of rotatable bonds is 3. The highest BCUT2D eigenvalue weighted by Crippen LogP contribution is 2.35. The molecule has 3 heterocycles. The first-order valence-electron chi connectivity index (χ1n) is 9.06. The molecule has 6 heteroatoms. The molecule has 24 heavy (non-hydrogen) atoms. The minimum absolute atomic E-state index is 0.0791. The molecule has 2 aliphatic heterocycles. The topological polar surface area (TPSA) is 58.4 Å². The molecule has 0 bridgehead atoms. The SMILES string of the molecule is Cc1nn(C)c(C)c1C1CCCN1C(=O)CN1CCCCCC1=O. The second-order valence-electron chi connectivity index (χ2n) is 7.08. The molecule has 2 amide bonds. The van der Waals surface area contributed by atoms with E-state index in [1.165, 1.54) is 5.56 Å². The molecular formula is C18H28N4O2. The molecule has 0 radical (unpaired) electrons. The minimum Gasteiger partial charge on any atom is -0.334 e. The predicted molar refractivity (Wildman–Crippen MR) is 91.4 cm³/mol. The fraction of sp³-hybridized carbons (Fsp3) is 0.722. The Morgan fingerprint density at radius 2 is 1.96 bits per heavy atom. The van der Waals surface area contributed by atoms with Gasteiger partial charge >= 0.3 is 0 Å². The molecule has 0 aliphatic carbocycles.